The molecule has 0 atom stereocenters. The molecule has 0 bridgehead atoms. The van der Waals surface area contributed by atoms with Gasteiger partial charge in [-0.15, -0.1) is 10.2 Å². The fraction of sp³-hybridized carbons (Fsp3) is 0.364. The minimum Gasteiger partial charge on any atom is -0.460 e. The van der Waals surface area contributed by atoms with E-state index in [2.05, 4.69) is 20.2 Å². The van der Waals surface area contributed by atoms with Crippen LogP contribution in [0.4, 0.5) is 0 Å². The minimum absolute atomic E-state index is 0.188. The summed E-state index contributed by atoms with van der Waals surface area (Å²) in [4.78, 5) is 19.6. The fourth-order valence-corrected chi connectivity index (χ4v) is 1.49. The van der Waals surface area contributed by atoms with Crippen molar-refractivity contribution < 1.29 is 9.53 Å². The molecular formula is C11H13N5O2. The van der Waals surface area contributed by atoms with E-state index < -0.39 is 5.97 Å². The van der Waals surface area contributed by atoms with Crippen molar-refractivity contribution in [3.8, 4) is 0 Å². The normalized spacial score (nSPS) is 10.3. The van der Waals surface area contributed by atoms with Crippen LogP contribution < -0.4 is 0 Å². The molecule has 2 heterocycles. The molecule has 7 nitrogen and oxygen atoms in total. The van der Waals surface area contributed by atoms with Crippen LogP contribution in [0, 0.1) is 6.92 Å². The van der Waals surface area contributed by atoms with Crippen LogP contribution in [0.5, 0.6) is 0 Å². The molecule has 0 aliphatic rings. The number of carbonyl (C=O) groups excluding carboxylic acids is 1. The first-order valence-corrected chi connectivity index (χ1v) is 5.54. The molecule has 94 valence electrons. The van der Waals surface area contributed by atoms with E-state index in [4.69, 9.17) is 4.74 Å². The van der Waals surface area contributed by atoms with E-state index in [0.717, 1.165) is 5.69 Å². The largest absolute Gasteiger partial charge is 0.460 e. The first-order valence-electron chi connectivity index (χ1n) is 5.54. The number of aryl methyl sites for hydroxylation is 1. The molecule has 2 aromatic heterocycles. The van der Waals surface area contributed by atoms with Gasteiger partial charge in [0, 0.05) is 6.20 Å². The van der Waals surface area contributed by atoms with Crippen LogP contribution in [-0.2, 0) is 11.3 Å². The van der Waals surface area contributed by atoms with Crippen molar-refractivity contribution >= 4 is 5.97 Å². The zero-order chi connectivity index (χ0) is 13.0. The molecule has 0 saturated carbocycles. The van der Waals surface area contributed by atoms with Crippen molar-refractivity contribution in [1.29, 1.82) is 0 Å². The van der Waals surface area contributed by atoms with Gasteiger partial charge in [0.1, 0.15) is 12.2 Å². The maximum Gasteiger partial charge on any atom is 0.376 e. The third kappa shape index (κ3) is 2.50. The molecule has 2 rings (SSSR count). The number of hydrogen-bond acceptors (Lipinski definition) is 6. The molecule has 2 aromatic rings. The van der Waals surface area contributed by atoms with E-state index in [-0.39, 0.29) is 5.82 Å². The van der Waals surface area contributed by atoms with Gasteiger partial charge in [0.15, 0.2) is 0 Å². The summed E-state index contributed by atoms with van der Waals surface area (Å²) < 4.78 is 6.59. The first-order chi connectivity index (χ1) is 8.72. The van der Waals surface area contributed by atoms with Gasteiger partial charge in [-0.1, -0.05) is 0 Å². The van der Waals surface area contributed by atoms with Gasteiger partial charge in [-0.2, -0.15) is 0 Å². The second kappa shape index (κ2) is 5.35. The highest BCUT2D eigenvalue weighted by Gasteiger charge is 2.18. The van der Waals surface area contributed by atoms with Gasteiger partial charge in [0.25, 0.3) is 0 Å². The van der Waals surface area contributed by atoms with Gasteiger partial charge < -0.3 is 4.74 Å². The Bertz CT molecular complexity index is 538. The Morgan fingerprint density at radius 1 is 1.44 bits per heavy atom. The number of carbonyl (C=O) groups is 1. The average Bonchev–Trinajstić information content (AvgIpc) is 2.73. The number of hydrogen-bond donors (Lipinski definition) is 0. The van der Waals surface area contributed by atoms with Crippen molar-refractivity contribution in [3.05, 3.63) is 35.9 Å². The van der Waals surface area contributed by atoms with Crippen molar-refractivity contribution in [1.82, 2.24) is 24.7 Å². The highest BCUT2D eigenvalue weighted by molar-refractivity contribution is 5.85. The van der Waals surface area contributed by atoms with Gasteiger partial charge in [0.05, 0.1) is 18.8 Å². The van der Waals surface area contributed by atoms with Crippen LogP contribution in [0.3, 0.4) is 0 Å². The summed E-state index contributed by atoms with van der Waals surface area (Å²) in [6.45, 7) is 4.24. The monoisotopic (exact) mass is 247 g/mol. The van der Waals surface area contributed by atoms with Crippen molar-refractivity contribution in [3.63, 3.8) is 0 Å². The molecule has 0 aromatic carbocycles. The van der Waals surface area contributed by atoms with Crippen LogP contribution in [0.15, 0.2) is 18.6 Å². The molecule has 0 spiro atoms. The molecular weight excluding hydrogens is 234 g/mol. The Morgan fingerprint density at radius 3 is 2.94 bits per heavy atom. The lowest BCUT2D eigenvalue weighted by Crippen LogP contribution is -2.15. The first kappa shape index (κ1) is 12.2. The predicted molar refractivity (Wildman–Crippen MR) is 61.8 cm³/mol. The highest BCUT2D eigenvalue weighted by atomic mass is 16.5. The zero-order valence-corrected chi connectivity index (χ0v) is 10.2. The van der Waals surface area contributed by atoms with Crippen molar-refractivity contribution in [2.24, 2.45) is 0 Å². The maximum atomic E-state index is 11.7. The summed E-state index contributed by atoms with van der Waals surface area (Å²) in [6.07, 6.45) is 3.10. The summed E-state index contributed by atoms with van der Waals surface area (Å²) in [5, 5.41) is 7.71. The molecule has 0 aliphatic carbocycles. The van der Waals surface area contributed by atoms with Crippen LogP contribution in [-0.4, -0.2) is 37.3 Å². The van der Waals surface area contributed by atoms with Gasteiger partial charge in [-0.3, -0.25) is 4.57 Å². The fourth-order valence-electron chi connectivity index (χ4n) is 1.49. The van der Waals surface area contributed by atoms with E-state index in [1.165, 1.54) is 6.33 Å². The Morgan fingerprint density at radius 2 is 2.28 bits per heavy atom. The maximum absolute atomic E-state index is 11.7. The Kier molecular flexibility index (Phi) is 3.61. The van der Waals surface area contributed by atoms with E-state index >= 15 is 0 Å². The number of nitrogens with zero attached hydrogens (tertiary/aromatic N) is 5. The number of ether oxygens (including phenoxy) is 1. The lowest BCUT2D eigenvalue weighted by atomic mass is 10.4. The second-order valence-electron chi connectivity index (χ2n) is 3.58. The van der Waals surface area contributed by atoms with Gasteiger partial charge in [0.2, 0.25) is 5.82 Å². The van der Waals surface area contributed by atoms with Crippen LogP contribution in [0.1, 0.15) is 29.1 Å². The molecule has 0 aliphatic heterocycles. The minimum atomic E-state index is -0.479. The van der Waals surface area contributed by atoms with E-state index in [1.807, 2.05) is 0 Å². The van der Waals surface area contributed by atoms with Crippen LogP contribution >= 0.6 is 0 Å². The third-order valence-electron chi connectivity index (χ3n) is 2.36. The van der Waals surface area contributed by atoms with E-state index in [9.17, 15) is 4.79 Å². The quantitative estimate of drug-likeness (QED) is 0.736. The Hall–Kier alpha value is -2.31. The van der Waals surface area contributed by atoms with Gasteiger partial charge in [-0.25, -0.2) is 14.8 Å². The molecule has 18 heavy (non-hydrogen) atoms. The number of aromatic nitrogens is 5. The predicted octanol–water partition coefficient (Wildman–Crippen LogP) is 0.602. The molecule has 0 saturated heterocycles. The zero-order valence-electron chi connectivity index (χ0n) is 10.2. The summed E-state index contributed by atoms with van der Waals surface area (Å²) in [5.74, 6) is 0.344. The van der Waals surface area contributed by atoms with Gasteiger partial charge in [-0.05, 0) is 19.9 Å². The summed E-state index contributed by atoms with van der Waals surface area (Å²) >= 11 is 0. The molecule has 7 heteroatoms. The highest BCUT2D eigenvalue weighted by Crippen LogP contribution is 2.06. The summed E-state index contributed by atoms with van der Waals surface area (Å²) in [7, 11) is 0. The Balaban J connectivity index is 2.27. The topological polar surface area (TPSA) is 82.8 Å². The smallest absolute Gasteiger partial charge is 0.376 e. The number of rotatable bonds is 4. The summed E-state index contributed by atoms with van der Waals surface area (Å²) in [5.41, 5.74) is 0.776. The van der Waals surface area contributed by atoms with E-state index in [1.54, 1.807) is 30.7 Å². The average molecular weight is 247 g/mol. The molecule has 0 unspecified atom stereocenters. The summed E-state index contributed by atoms with van der Waals surface area (Å²) in [6, 6.07) is 1.77. The van der Waals surface area contributed by atoms with Crippen molar-refractivity contribution in [2.45, 2.75) is 20.4 Å². The molecule has 0 amide bonds. The third-order valence-corrected chi connectivity index (χ3v) is 2.36. The van der Waals surface area contributed by atoms with Crippen LogP contribution in [0.25, 0.3) is 0 Å². The molecule has 0 radical (unpaired) electrons. The van der Waals surface area contributed by atoms with Gasteiger partial charge >= 0.3 is 5.97 Å². The standard InChI is InChI=1S/C11H13N5O2/c1-3-18-11(17)10-15-14-8(2)16(10)6-9-4-5-12-7-13-9/h4-5,7H,3,6H2,1-2H3. The molecule has 0 N–H and O–H groups in total. The van der Waals surface area contributed by atoms with Crippen LogP contribution in [0.2, 0.25) is 0 Å². The molecule has 0 fully saturated rings. The lowest BCUT2D eigenvalue weighted by molar-refractivity contribution is 0.0506. The second-order valence-corrected chi connectivity index (χ2v) is 3.58. The lowest BCUT2D eigenvalue weighted by Gasteiger charge is -2.07. The SMILES string of the molecule is CCOC(=O)c1nnc(C)n1Cc1ccncn1. The number of esters is 1. The van der Waals surface area contributed by atoms with Crippen molar-refractivity contribution in [2.75, 3.05) is 6.61 Å². The van der Waals surface area contributed by atoms with E-state index in [0.29, 0.717) is 19.0 Å². The Labute approximate surface area is 104 Å².